The van der Waals surface area contributed by atoms with E-state index >= 15 is 0 Å². The van der Waals surface area contributed by atoms with Gasteiger partial charge in [-0.25, -0.2) is 4.79 Å². The standard InChI is InChI=1S/C8H16N2O3/c1-8(2,3)5(6(9)11)10-7(12)13-4/h5H,1-4H3,(H2,9,11)(H,10,12). The van der Waals surface area contributed by atoms with Crippen LogP contribution in [0.25, 0.3) is 0 Å². The summed E-state index contributed by atoms with van der Waals surface area (Å²) in [7, 11) is 1.23. The van der Waals surface area contributed by atoms with Crippen LogP contribution in [0.2, 0.25) is 0 Å². The molecule has 0 bridgehead atoms. The van der Waals surface area contributed by atoms with Gasteiger partial charge in [0.2, 0.25) is 5.91 Å². The number of hydrogen-bond donors (Lipinski definition) is 2. The Morgan fingerprint density at radius 2 is 1.85 bits per heavy atom. The van der Waals surface area contributed by atoms with Crippen LogP contribution in [0.4, 0.5) is 4.79 Å². The van der Waals surface area contributed by atoms with Crippen LogP contribution in [0.5, 0.6) is 0 Å². The maximum absolute atomic E-state index is 10.9. The van der Waals surface area contributed by atoms with Gasteiger partial charge < -0.3 is 15.8 Å². The molecular formula is C8H16N2O3. The van der Waals surface area contributed by atoms with Gasteiger partial charge in [-0.15, -0.1) is 0 Å². The molecule has 13 heavy (non-hydrogen) atoms. The lowest BCUT2D eigenvalue weighted by atomic mass is 9.86. The molecule has 0 radical (unpaired) electrons. The molecule has 0 aliphatic rings. The Morgan fingerprint density at radius 1 is 1.38 bits per heavy atom. The molecule has 0 aromatic carbocycles. The zero-order chi connectivity index (χ0) is 10.6. The average molecular weight is 188 g/mol. The van der Waals surface area contributed by atoms with E-state index in [4.69, 9.17) is 5.73 Å². The Morgan fingerprint density at radius 3 is 2.08 bits per heavy atom. The highest BCUT2D eigenvalue weighted by Crippen LogP contribution is 2.18. The Bertz CT molecular complexity index is 208. The summed E-state index contributed by atoms with van der Waals surface area (Å²) in [4.78, 5) is 21.8. The SMILES string of the molecule is COC(=O)NC(C(N)=O)C(C)(C)C. The van der Waals surface area contributed by atoms with Crippen LogP contribution >= 0.6 is 0 Å². The monoisotopic (exact) mass is 188 g/mol. The van der Waals surface area contributed by atoms with E-state index in [-0.39, 0.29) is 0 Å². The molecule has 0 saturated heterocycles. The molecule has 0 aromatic rings. The molecule has 1 unspecified atom stereocenters. The third kappa shape index (κ3) is 3.78. The van der Waals surface area contributed by atoms with Crippen LogP contribution < -0.4 is 11.1 Å². The molecule has 0 rings (SSSR count). The summed E-state index contributed by atoms with van der Waals surface area (Å²) < 4.78 is 4.37. The van der Waals surface area contributed by atoms with E-state index in [1.807, 2.05) is 0 Å². The van der Waals surface area contributed by atoms with Crippen LogP contribution in [-0.4, -0.2) is 25.2 Å². The largest absolute Gasteiger partial charge is 0.453 e. The van der Waals surface area contributed by atoms with E-state index in [0.29, 0.717) is 0 Å². The number of primary amides is 1. The number of nitrogens with one attached hydrogen (secondary N) is 1. The minimum atomic E-state index is -0.722. The first-order valence-electron chi connectivity index (χ1n) is 3.93. The van der Waals surface area contributed by atoms with E-state index in [2.05, 4.69) is 10.1 Å². The zero-order valence-electron chi connectivity index (χ0n) is 8.38. The summed E-state index contributed by atoms with van der Waals surface area (Å²) in [5.41, 5.74) is 4.70. The number of ether oxygens (including phenoxy) is 1. The van der Waals surface area contributed by atoms with Gasteiger partial charge in [0.15, 0.2) is 0 Å². The van der Waals surface area contributed by atoms with Crippen LogP contribution in [0.1, 0.15) is 20.8 Å². The molecule has 1 atom stereocenters. The molecule has 5 nitrogen and oxygen atoms in total. The van der Waals surface area contributed by atoms with Crippen molar-refractivity contribution in [3.8, 4) is 0 Å². The van der Waals surface area contributed by atoms with E-state index in [1.54, 1.807) is 20.8 Å². The number of rotatable bonds is 2. The minimum absolute atomic E-state index is 0.417. The molecule has 76 valence electrons. The predicted octanol–water partition coefficient (Wildman–Crippen LogP) is 0.242. The lowest BCUT2D eigenvalue weighted by molar-refractivity contribution is -0.122. The Hall–Kier alpha value is -1.26. The van der Waals surface area contributed by atoms with Crippen molar-refractivity contribution in [2.45, 2.75) is 26.8 Å². The summed E-state index contributed by atoms with van der Waals surface area (Å²) in [6.07, 6.45) is -0.654. The van der Waals surface area contributed by atoms with Crippen molar-refractivity contribution in [2.75, 3.05) is 7.11 Å². The second kappa shape index (κ2) is 4.11. The number of hydrogen-bond acceptors (Lipinski definition) is 3. The lowest BCUT2D eigenvalue weighted by Gasteiger charge is -2.27. The van der Waals surface area contributed by atoms with Gasteiger partial charge in [0, 0.05) is 0 Å². The van der Waals surface area contributed by atoms with E-state index < -0.39 is 23.5 Å². The molecule has 0 aliphatic heterocycles. The second-order valence-electron chi connectivity index (χ2n) is 3.84. The van der Waals surface area contributed by atoms with Crippen LogP contribution in [-0.2, 0) is 9.53 Å². The van der Waals surface area contributed by atoms with E-state index in [9.17, 15) is 9.59 Å². The fraction of sp³-hybridized carbons (Fsp3) is 0.750. The molecule has 5 heteroatoms. The van der Waals surface area contributed by atoms with Gasteiger partial charge in [-0.05, 0) is 5.41 Å². The van der Waals surface area contributed by atoms with Gasteiger partial charge in [0.25, 0.3) is 0 Å². The zero-order valence-corrected chi connectivity index (χ0v) is 8.38. The maximum atomic E-state index is 10.9. The van der Waals surface area contributed by atoms with Gasteiger partial charge in [-0.1, -0.05) is 20.8 Å². The second-order valence-corrected chi connectivity index (χ2v) is 3.84. The summed E-state index contributed by atoms with van der Waals surface area (Å²) in [6, 6.07) is -0.722. The first kappa shape index (κ1) is 11.7. The van der Waals surface area contributed by atoms with Crippen molar-refractivity contribution in [1.29, 1.82) is 0 Å². The van der Waals surface area contributed by atoms with Gasteiger partial charge >= 0.3 is 6.09 Å². The first-order valence-corrected chi connectivity index (χ1v) is 3.93. The smallest absolute Gasteiger partial charge is 0.407 e. The summed E-state index contributed by atoms with van der Waals surface area (Å²) >= 11 is 0. The first-order chi connectivity index (χ1) is 5.79. The Labute approximate surface area is 77.6 Å². The highest BCUT2D eigenvalue weighted by molar-refractivity contribution is 5.84. The minimum Gasteiger partial charge on any atom is -0.453 e. The molecule has 0 aliphatic carbocycles. The van der Waals surface area contributed by atoms with Gasteiger partial charge in [0.05, 0.1) is 7.11 Å². The average Bonchev–Trinajstić information content (AvgIpc) is 1.96. The highest BCUT2D eigenvalue weighted by Gasteiger charge is 2.31. The third-order valence-electron chi connectivity index (χ3n) is 1.60. The van der Waals surface area contributed by atoms with Crippen LogP contribution in [0.3, 0.4) is 0 Å². The van der Waals surface area contributed by atoms with Gasteiger partial charge in [-0.3, -0.25) is 4.79 Å². The number of methoxy groups -OCH3 is 1. The van der Waals surface area contributed by atoms with E-state index in [1.165, 1.54) is 7.11 Å². The van der Waals surface area contributed by atoms with Crippen LogP contribution in [0.15, 0.2) is 0 Å². The summed E-state index contributed by atoms with van der Waals surface area (Å²) in [5, 5.41) is 2.37. The topological polar surface area (TPSA) is 81.4 Å². The lowest BCUT2D eigenvalue weighted by Crippen LogP contribution is -2.51. The van der Waals surface area contributed by atoms with Crippen molar-refractivity contribution in [3.05, 3.63) is 0 Å². The normalized spacial score (nSPS) is 13.2. The van der Waals surface area contributed by atoms with Crippen LogP contribution in [0, 0.1) is 5.41 Å². The number of carbonyl (C=O) groups is 2. The molecule has 3 N–H and O–H groups in total. The molecule has 0 saturated carbocycles. The van der Waals surface area contributed by atoms with Crippen molar-refractivity contribution >= 4 is 12.0 Å². The molecule has 0 spiro atoms. The van der Waals surface area contributed by atoms with Crippen molar-refractivity contribution in [3.63, 3.8) is 0 Å². The predicted molar refractivity (Wildman–Crippen MR) is 48.0 cm³/mol. The highest BCUT2D eigenvalue weighted by atomic mass is 16.5. The third-order valence-corrected chi connectivity index (χ3v) is 1.60. The quantitative estimate of drug-likeness (QED) is 0.651. The maximum Gasteiger partial charge on any atom is 0.407 e. The van der Waals surface area contributed by atoms with Gasteiger partial charge in [0.1, 0.15) is 6.04 Å². The molecule has 2 amide bonds. The van der Waals surface area contributed by atoms with Crippen molar-refractivity contribution in [2.24, 2.45) is 11.1 Å². The fourth-order valence-corrected chi connectivity index (χ4v) is 0.891. The number of alkyl carbamates (subject to hydrolysis) is 1. The summed E-state index contributed by atoms with van der Waals surface area (Å²) in [5.74, 6) is -0.571. The number of nitrogens with two attached hydrogens (primary N) is 1. The Balaban J connectivity index is 4.46. The molecule has 0 fully saturated rings. The van der Waals surface area contributed by atoms with Crippen molar-refractivity contribution in [1.82, 2.24) is 5.32 Å². The summed E-state index contributed by atoms with van der Waals surface area (Å²) in [6.45, 7) is 5.41. The van der Waals surface area contributed by atoms with E-state index in [0.717, 1.165) is 0 Å². The molecule has 0 heterocycles. The fourth-order valence-electron chi connectivity index (χ4n) is 0.891. The number of amides is 2. The van der Waals surface area contributed by atoms with Gasteiger partial charge in [-0.2, -0.15) is 0 Å². The molecular weight excluding hydrogens is 172 g/mol. The molecule has 0 aromatic heterocycles. The number of carbonyl (C=O) groups excluding carboxylic acids is 2. The Kier molecular flexibility index (Phi) is 3.71. The van der Waals surface area contributed by atoms with Crippen molar-refractivity contribution < 1.29 is 14.3 Å².